The lowest BCUT2D eigenvalue weighted by atomic mass is 9.88. The Morgan fingerprint density at radius 2 is 1.72 bits per heavy atom. The molecule has 4 rings (SSSR count). The van der Waals surface area contributed by atoms with Crippen LogP contribution in [0.3, 0.4) is 0 Å². The minimum absolute atomic E-state index is 0.0536. The molecule has 0 unspecified atom stereocenters. The molecule has 0 bridgehead atoms. The summed E-state index contributed by atoms with van der Waals surface area (Å²) in [6.45, 7) is 2.75. The number of morpholine rings is 1. The summed E-state index contributed by atoms with van der Waals surface area (Å²) in [4.78, 5) is 42.7. The number of ether oxygens (including phenoxy) is 1. The number of piperidine rings is 1. The first-order chi connectivity index (χ1) is 15.5. The summed E-state index contributed by atoms with van der Waals surface area (Å²) in [6, 6.07) is 8.80. The summed E-state index contributed by atoms with van der Waals surface area (Å²) in [5.74, 6) is -1.38. The van der Waals surface area contributed by atoms with Crippen molar-refractivity contribution >= 4 is 29.1 Å². The van der Waals surface area contributed by atoms with Crippen molar-refractivity contribution in [1.29, 1.82) is 0 Å². The minimum Gasteiger partial charge on any atom is -0.378 e. The van der Waals surface area contributed by atoms with Gasteiger partial charge in [-0.1, -0.05) is 18.2 Å². The highest BCUT2D eigenvalue weighted by atomic mass is 32.1. The highest BCUT2D eigenvalue weighted by Gasteiger charge is 2.37. The fourth-order valence-electron chi connectivity index (χ4n) is 4.22. The van der Waals surface area contributed by atoms with Crippen LogP contribution in [0.15, 0.2) is 41.8 Å². The highest BCUT2D eigenvalue weighted by Crippen LogP contribution is 2.25. The smallest absolute Gasteiger partial charge is 0.262 e. The Kier molecular flexibility index (Phi) is 7.16. The molecule has 1 atom stereocenters. The molecule has 2 aliphatic rings. The van der Waals surface area contributed by atoms with E-state index < -0.39 is 11.9 Å². The number of thiophene rings is 1. The van der Waals surface area contributed by atoms with E-state index in [-0.39, 0.29) is 29.2 Å². The summed E-state index contributed by atoms with van der Waals surface area (Å²) >= 11 is 1.32. The molecule has 32 heavy (non-hydrogen) atoms. The third-order valence-corrected chi connectivity index (χ3v) is 6.89. The van der Waals surface area contributed by atoms with E-state index in [1.807, 2.05) is 5.38 Å². The van der Waals surface area contributed by atoms with Crippen LogP contribution in [0.2, 0.25) is 0 Å². The van der Waals surface area contributed by atoms with E-state index in [2.05, 4.69) is 5.32 Å². The predicted molar refractivity (Wildman–Crippen MR) is 118 cm³/mol. The first kappa shape index (κ1) is 22.4. The normalized spacial score (nSPS) is 18.3. The Morgan fingerprint density at radius 3 is 2.38 bits per heavy atom. The van der Waals surface area contributed by atoms with Crippen molar-refractivity contribution in [3.05, 3.63) is 58.0 Å². The van der Waals surface area contributed by atoms with Gasteiger partial charge in [-0.05, 0) is 42.3 Å². The number of nitrogens with zero attached hydrogens (tertiary/aromatic N) is 2. The first-order valence-electron chi connectivity index (χ1n) is 10.8. The highest BCUT2D eigenvalue weighted by molar-refractivity contribution is 7.12. The molecule has 0 spiro atoms. The van der Waals surface area contributed by atoms with Gasteiger partial charge in [0.1, 0.15) is 11.9 Å². The maximum atomic E-state index is 14.0. The topological polar surface area (TPSA) is 79.0 Å². The number of hydrogen-bond acceptors (Lipinski definition) is 5. The quantitative estimate of drug-likeness (QED) is 0.745. The first-order valence-corrected chi connectivity index (χ1v) is 11.7. The molecule has 3 amide bonds. The van der Waals surface area contributed by atoms with E-state index in [9.17, 15) is 18.8 Å². The number of likely N-dealkylation sites (tertiary alicyclic amines) is 1. The number of halogens is 1. The van der Waals surface area contributed by atoms with Gasteiger partial charge in [0.15, 0.2) is 0 Å². The molecule has 0 radical (unpaired) electrons. The zero-order chi connectivity index (χ0) is 22.5. The summed E-state index contributed by atoms with van der Waals surface area (Å²) < 4.78 is 19.4. The molecule has 2 aromatic rings. The van der Waals surface area contributed by atoms with Crippen LogP contribution < -0.4 is 5.32 Å². The van der Waals surface area contributed by atoms with E-state index in [1.54, 1.807) is 34.1 Å². The molecule has 7 nitrogen and oxygen atoms in total. The van der Waals surface area contributed by atoms with Crippen LogP contribution in [-0.4, -0.2) is 73.0 Å². The van der Waals surface area contributed by atoms with E-state index in [4.69, 9.17) is 4.74 Å². The molecule has 0 saturated carbocycles. The number of carbonyl (C=O) groups excluding carboxylic acids is 3. The third kappa shape index (κ3) is 4.99. The van der Waals surface area contributed by atoms with Gasteiger partial charge in [0.25, 0.3) is 11.8 Å². The van der Waals surface area contributed by atoms with Gasteiger partial charge in [0.2, 0.25) is 5.91 Å². The average Bonchev–Trinajstić information content (AvgIpc) is 3.38. The summed E-state index contributed by atoms with van der Waals surface area (Å²) in [5, 5.41) is 4.77. The SMILES string of the molecule is O=C(N[C@H](C(=O)N1CCOCC1)C1CCN(C(=O)c2ccccc2F)CC1)c1cccs1. The van der Waals surface area contributed by atoms with Crippen molar-refractivity contribution in [2.75, 3.05) is 39.4 Å². The molecule has 2 fully saturated rings. The molecular weight excluding hydrogens is 433 g/mol. The predicted octanol–water partition coefficient (Wildman–Crippen LogP) is 2.40. The summed E-state index contributed by atoms with van der Waals surface area (Å²) in [7, 11) is 0. The third-order valence-electron chi connectivity index (χ3n) is 6.02. The second kappa shape index (κ2) is 10.2. The van der Waals surface area contributed by atoms with Gasteiger partial charge < -0.3 is 19.9 Å². The Morgan fingerprint density at radius 1 is 1.00 bits per heavy atom. The van der Waals surface area contributed by atoms with Crippen molar-refractivity contribution in [3.8, 4) is 0 Å². The number of amides is 3. The second-order valence-electron chi connectivity index (χ2n) is 7.98. The van der Waals surface area contributed by atoms with E-state index >= 15 is 0 Å². The van der Waals surface area contributed by atoms with Crippen LogP contribution in [0.4, 0.5) is 4.39 Å². The molecule has 1 aromatic carbocycles. The molecule has 9 heteroatoms. The molecule has 1 N–H and O–H groups in total. The lowest BCUT2D eigenvalue weighted by molar-refractivity contribution is -0.139. The molecule has 1 aromatic heterocycles. The Bertz CT molecular complexity index is 954. The number of carbonyl (C=O) groups is 3. The van der Waals surface area contributed by atoms with E-state index in [0.717, 1.165) is 0 Å². The van der Waals surface area contributed by atoms with Gasteiger partial charge >= 0.3 is 0 Å². The van der Waals surface area contributed by atoms with E-state index in [1.165, 1.54) is 23.5 Å². The Labute approximate surface area is 190 Å². The molecular formula is C23H26FN3O4S. The van der Waals surface area contributed by atoms with Gasteiger partial charge in [-0.25, -0.2) is 4.39 Å². The standard InChI is InChI=1S/C23H26FN3O4S/c24-18-5-2-1-4-17(18)22(29)26-9-7-16(8-10-26)20(23(30)27-11-13-31-14-12-27)25-21(28)19-6-3-15-32-19/h1-6,15-16,20H,7-14H2,(H,25,28)/t20-/m0/s1. The zero-order valence-corrected chi connectivity index (χ0v) is 18.5. The molecule has 2 saturated heterocycles. The van der Waals surface area contributed by atoms with Crippen LogP contribution in [0, 0.1) is 11.7 Å². The molecule has 3 heterocycles. The molecule has 170 valence electrons. The van der Waals surface area contributed by atoms with Gasteiger partial charge in [-0.2, -0.15) is 0 Å². The van der Waals surface area contributed by atoms with Crippen molar-refractivity contribution in [2.45, 2.75) is 18.9 Å². The Hall–Kier alpha value is -2.78. The number of benzene rings is 1. The number of nitrogens with one attached hydrogen (secondary N) is 1. The van der Waals surface area contributed by atoms with Gasteiger partial charge in [0.05, 0.1) is 23.7 Å². The van der Waals surface area contributed by atoms with Crippen molar-refractivity contribution in [2.24, 2.45) is 5.92 Å². The fourth-order valence-corrected chi connectivity index (χ4v) is 4.85. The average molecular weight is 460 g/mol. The largest absolute Gasteiger partial charge is 0.378 e. The van der Waals surface area contributed by atoms with Crippen LogP contribution >= 0.6 is 11.3 Å². The Balaban J connectivity index is 1.45. The maximum Gasteiger partial charge on any atom is 0.262 e. The number of hydrogen-bond donors (Lipinski definition) is 1. The van der Waals surface area contributed by atoms with Crippen molar-refractivity contribution < 1.29 is 23.5 Å². The van der Waals surface area contributed by atoms with Crippen LogP contribution in [-0.2, 0) is 9.53 Å². The fraction of sp³-hybridized carbons (Fsp3) is 0.435. The zero-order valence-electron chi connectivity index (χ0n) is 17.7. The summed E-state index contributed by atoms with van der Waals surface area (Å²) in [5.41, 5.74) is 0.0536. The lowest BCUT2D eigenvalue weighted by Gasteiger charge is -2.38. The van der Waals surface area contributed by atoms with Crippen LogP contribution in [0.1, 0.15) is 32.9 Å². The minimum atomic E-state index is -0.673. The molecule has 2 aliphatic heterocycles. The van der Waals surface area contributed by atoms with Gasteiger partial charge in [0, 0.05) is 26.2 Å². The monoisotopic (exact) mass is 459 g/mol. The van der Waals surface area contributed by atoms with E-state index in [0.29, 0.717) is 57.1 Å². The van der Waals surface area contributed by atoms with Gasteiger partial charge in [-0.15, -0.1) is 11.3 Å². The lowest BCUT2D eigenvalue weighted by Crippen LogP contribution is -2.56. The maximum absolute atomic E-state index is 14.0. The van der Waals surface area contributed by atoms with Crippen LogP contribution in [0.25, 0.3) is 0 Å². The van der Waals surface area contributed by atoms with Gasteiger partial charge in [-0.3, -0.25) is 14.4 Å². The van der Waals surface area contributed by atoms with Crippen LogP contribution in [0.5, 0.6) is 0 Å². The van der Waals surface area contributed by atoms with Crippen molar-refractivity contribution in [1.82, 2.24) is 15.1 Å². The second-order valence-corrected chi connectivity index (χ2v) is 8.92. The molecule has 0 aliphatic carbocycles. The summed E-state index contributed by atoms with van der Waals surface area (Å²) in [6.07, 6.45) is 1.09. The number of rotatable bonds is 5. The van der Waals surface area contributed by atoms with Crippen molar-refractivity contribution in [3.63, 3.8) is 0 Å².